The number of piperidine rings is 1. The third-order valence-electron chi connectivity index (χ3n) is 5.05. The summed E-state index contributed by atoms with van der Waals surface area (Å²) >= 11 is 1.63. The van der Waals surface area contributed by atoms with Gasteiger partial charge in [-0.05, 0) is 51.7 Å². The maximum atomic E-state index is 12.7. The average Bonchev–Trinajstić information content (AvgIpc) is 2.72. The molecule has 0 radical (unpaired) electrons. The number of carbonyl (C=O) groups is 1. The number of hydrogen-bond acceptors (Lipinski definition) is 7. The number of thioether (sulfide) groups is 1. The van der Waals surface area contributed by atoms with Gasteiger partial charge >= 0.3 is 6.09 Å². The van der Waals surface area contributed by atoms with Crippen LogP contribution in [0.4, 0.5) is 4.79 Å². The zero-order chi connectivity index (χ0) is 21.8. The molecule has 1 aromatic rings. The number of sulfonamides is 1. The molecule has 2 saturated heterocycles. The molecule has 2 aliphatic heterocycles. The Morgan fingerprint density at radius 3 is 2.43 bits per heavy atom. The van der Waals surface area contributed by atoms with Crippen molar-refractivity contribution in [3.8, 4) is 0 Å². The van der Waals surface area contributed by atoms with Crippen molar-refractivity contribution < 1.29 is 22.7 Å². The number of likely N-dealkylation sites (tertiary alicyclic amines) is 1. The summed E-state index contributed by atoms with van der Waals surface area (Å²) in [6, 6.07) is 3.40. The molecule has 0 unspecified atom stereocenters. The van der Waals surface area contributed by atoms with E-state index in [1.807, 2.05) is 20.8 Å². The highest BCUT2D eigenvalue weighted by molar-refractivity contribution is 7.99. The highest BCUT2D eigenvalue weighted by Gasteiger charge is 2.28. The lowest BCUT2D eigenvalue weighted by molar-refractivity contribution is 0.0191. The smallest absolute Gasteiger partial charge is 0.410 e. The quantitative estimate of drug-likeness (QED) is 0.628. The summed E-state index contributed by atoms with van der Waals surface area (Å²) < 4.78 is 37.4. The van der Waals surface area contributed by atoms with E-state index in [0.717, 1.165) is 23.6 Å². The average molecular weight is 458 g/mol. The summed E-state index contributed by atoms with van der Waals surface area (Å²) in [5.41, 5.74) is -0.475. The fraction of sp³-hybridized carbons (Fsp3) is 0.700. The number of pyridine rings is 1. The zero-order valence-corrected chi connectivity index (χ0v) is 19.5. The van der Waals surface area contributed by atoms with E-state index in [2.05, 4.69) is 4.98 Å². The van der Waals surface area contributed by atoms with E-state index in [1.54, 1.807) is 28.8 Å². The van der Waals surface area contributed by atoms with Crippen molar-refractivity contribution in [2.75, 3.05) is 45.1 Å². The van der Waals surface area contributed by atoms with Gasteiger partial charge in [0.1, 0.15) is 10.5 Å². The SMILES string of the molecule is CC(C)(C)OC(=O)N1CCC(CSc2ccc(S(=O)(=O)N3CCOCC3)cn2)CC1. The minimum atomic E-state index is -3.51. The molecule has 0 saturated carbocycles. The summed E-state index contributed by atoms with van der Waals surface area (Å²) in [4.78, 5) is 18.5. The molecule has 1 aromatic heterocycles. The fourth-order valence-corrected chi connectivity index (χ4v) is 5.74. The molecule has 30 heavy (non-hydrogen) atoms. The van der Waals surface area contributed by atoms with E-state index in [4.69, 9.17) is 9.47 Å². The van der Waals surface area contributed by atoms with Gasteiger partial charge in [-0.25, -0.2) is 18.2 Å². The summed E-state index contributed by atoms with van der Waals surface area (Å²) in [6.45, 7) is 8.62. The second-order valence-electron chi connectivity index (χ2n) is 8.57. The van der Waals surface area contributed by atoms with E-state index < -0.39 is 15.6 Å². The number of ether oxygens (including phenoxy) is 2. The van der Waals surface area contributed by atoms with Gasteiger partial charge < -0.3 is 14.4 Å². The minimum Gasteiger partial charge on any atom is -0.444 e. The van der Waals surface area contributed by atoms with Crippen molar-refractivity contribution in [3.05, 3.63) is 18.3 Å². The highest BCUT2D eigenvalue weighted by atomic mass is 32.2. The van der Waals surface area contributed by atoms with E-state index in [1.165, 1.54) is 10.5 Å². The van der Waals surface area contributed by atoms with Gasteiger partial charge in [-0.15, -0.1) is 11.8 Å². The molecule has 0 aliphatic carbocycles. The number of morpholine rings is 1. The lowest BCUT2D eigenvalue weighted by Crippen LogP contribution is -2.42. The van der Waals surface area contributed by atoms with Crippen LogP contribution in [0.25, 0.3) is 0 Å². The van der Waals surface area contributed by atoms with Gasteiger partial charge in [0, 0.05) is 38.1 Å². The summed E-state index contributed by atoms with van der Waals surface area (Å²) in [6.07, 6.45) is 3.05. The van der Waals surface area contributed by atoms with Crippen molar-refractivity contribution in [1.82, 2.24) is 14.2 Å². The monoisotopic (exact) mass is 457 g/mol. The maximum absolute atomic E-state index is 12.7. The second kappa shape index (κ2) is 9.84. The lowest BCUT2D eigenvalue weighted by atomic mass is 9.99. The number of carbonyl (C=O) groups excluding carboxylic acids is 1. The topological polar surface area (TPSA) is 89.0 Å². The molecule has 3 heterocycles. The first-order valence-corrected chi connectivity index (χ1v) is 12.7. The molecular weight excluding hydrogens is 426 g/mol. The Bertz CT molecular complexity index is 810. The molecule has 1 amide bonds. The molecule has 2 fully saturated rings. The summed E-state index contributed by atoms with van der Waals surface area (Å²) in [5.74, 6) is 1.39. The third-order valence-corrected chi connectivity index (χ3v) is 8.11. The highest BCUT2D eigenvalue weighted by Crippen LogP contribution is 2.27. The van der Waals surface area contributed by atoms with Crippen molar-refractivity contribution >= 4 is 27.9 Å². The summed E-state index contributed by atoms with van der Waals surface area (Å²) in [5, 5.41) is 0.811. The molecule has 0 spiro atoms. The van der Waals surface area contributed by atoms with Crippen molar-refractivity contribution in [1.29, 1.82) is 0 Å². The number of amides is 1. The van der Waals surface area contributed by atoms with E-state index in [0.29, 0.717) is 45.3 Å². The normalized spacial score (nSPS) is 19.6. The Morgan fingerprint density at radius 2 is 1.87 bits per heavy atom. The molecule has 0 bridgehead atoms. The molecule has 10 heteroatoms. The van der Waals surface area contributed by atoms with Crippen LogP contribution in [-0.4, -0.2) is 79.4 Å². The molecular formula is C20H31N3O5S2. The standard InChI is InChI=1S/C20H31N3O5S2/c1-20(2,3)28-19(24)22-8-6-16(7-9-22)15-29-18-5-4-17(14-21-18)30(25,26)23-10-12-27-13-11-23/h4-5,14,16H,6-13,15H2,1-3H3. The number of hydrogen-bond donors (Lipinski definition) is 0. The molecule has 0 N–H and O–H groups in total. The predicted molar refractivity (Wildman–Crippen MR) is 115 cm³/mol. The van der Waals surface area contributed by atoms with Crippen molar-refractivity contribution in [2.45, 2.75) is 49.1 Å². The fourth-order valence-electron chi connectivity index (χ4n) is 3.35. The molecule has 0 aromatic carbocycles. The van der Waals surface area contributed by atoms with Crippen LogP contribution in [0.1, 0.15) is 33.6 Å². The van der Waals surface area contributed by atoms with Gasteiger partial charge in [-0.1, -0.05) is 0 Å². The predicted octanol–water partition coefficient (Wildman–Crippen LogP) is 2.84. The van der Waals surface area contributed by atoms with E-state index in [9.17, 15) is 13.2 Å². The van der Waals surface area contributed by atoms with Crippen molar-refractivity contribution in [3.63, 3.8) is 0 Å². The van der Waals surface area contributed by atoms with Crippen LogP contribution in [0.2, 0.25) is 0 Å². The first kappa shape index (κ1) is 23.3. The Kier molecular flexibility index (Phi) is 7.65. The first-order chi connectivity index (χ1) is 14.1. The van der Waals surface area contributed by atoms with Crippen LogP contribution < -0.4 is 0 Å². The third kappa shape index (κ3) is 6.32. The zero-order valence-electron chi connectivity index (χ0n) is 17.9. The maximum Gasteiger partial charge on any atom is 0.410 e. The number of nitrogens with zero attached hydrogens (tertiary/aromatic N) is 3. The van der Waals surface area contributed by atoms with E-state index in [-0.39, 0.29) is 11.0 Å². The van der Waals surface area contributed by atoms with Crippen LogP contribution in [0.5, 0.6) is 0 Å². The van der Waals surface area contributed by atoms with E-state index >= 15 is 0 Å². The Labute approximate surface area is 183 Å². The van der Waals surface area contributed by atoms with Gasteiger partial charge in [-0.3, -0.25) is 0 Å². The van der Waals surface area contributed by atoms with Crippen molar-refractivity contribution in [2.24, 2.45) is 5.92 Å². The first-order valence-electron chi connectivity index (χ1n) is 10.3. The number of aromatic nitrogens is 1. The Balaban J connectivity index is 1.46. The molecule has 2 aliphatic rings. The minimum absolute atomic E-state index is 0.222. The van der Waals surface area contributed by atoms with Gasteiger partial charge in [-0.2, -0.15) is 4.31 Å². The van der Waals surface area contributed by atoms with Crippen LogP contribution in [0.15, 0.2) is 28.3 Å². The van der Waals surface area contributed by atoms with Gasteiger partial charge in [0.05, 0.1) is 18.2 Å². The van der Waals surface area contributed by atoms with Gasteiger partial charge in [0.2, 0.25) is 10.0 Å². The molecule has 168 valence electrons. The number of rotatable bonds is 5. The molecule has 3 rings (SSSR count). The lowest BCUT2D eigenvalue weighted by Gasteiger charge is -2.33. The second-order valence-corrected chi connectivity index (χ2v) is 11.5. The van der Waals surface area contributed by atoms with Gasteiger partial charge in [0.25, 0.3) is 0 Å². The van der Waals surface area contributed by atoms with Gasteiger partial charge in [0.15, 0.2) is 0 Å². The van der Waals surface area contributed by atoms with Crippen LogP contribution in [0.3, 0.4) is 0 Å². The Morgan fingerprint density at radius 1 is 1.20 bits per heavy atom. The summed E-state index contributed by atoms with van der Waals surface area (Å²) in [7, 11) is -3.51. The van der Waals surface area contributed by atoms with Crippen LogP contribution in [0, 0.1) is 5.92 Å². The molecule has 0 atom stereocenters. The van der Waals surface area contributed by atoms with Crippen LogP contribution >= 0.6 is 11.8 Å². The Hall–Kier alpha value is -1.36. The van der Waals surface area contributed by atoms with Crippen LogP contribution in [-0.2, 0) is 19.5 Å². The molecule has 8 nitrogen and oxygen atoms in total. The largest absolute Gasteiger partial charge is 0.444 e.